The second-order valence-electron chi connectivity index (χ2n) is 7.93. The van der Waals surface area contributed by atoms with Gasteiger partial charge in [0.25, 0.3) is 0 Å². The van der Waals surface area contributed by atoms with E-state index in [1.807, 2.05) is 0 Å². The average molecular weight is 362 g/mol. The SMILES string of the molecule is Cc1c(OCCCNCCO)ccc([C@H](C)N2CC3CC2CN3C)c1C. The molecule has 2 unspecified atom stereocenters. The Kier molecular flexibility index (Phi) is 6.56. The van der Waals surface area contributed by atoms with Crippen LogP contribution in [0.3, 0.4) is 0 Å². The summed E-state index contributed by atoms with van der Waals surface area (Å²) in [5, 5.41) is 11.9. The van der Waals surface area contributed by atoms with E-state index in [4.69, 9.17) is 9.84 Å². The van der Waals surface area contributed by atoms with E-state index in [1.54, 1.807) is 0 Å². The number of ether oxygens (including phenoxy) is 1. The molecule has 2 fully saturated rings. The zero-order valence-electron chi connectivity index (χ0n) is 16.8. The fraction of sp³-hybridized carbons (Fsp3) is 0.714. The van der Waals surface area contributed by atoms with Crippen molar-refractivity contribution in [3.8, 4) is 5.75 Å². The van der Waals surface area contributed by atoms with Crippen molar-refractivity contribution in [3.63, 3.8) is 0 Å². The summed E-state index contributed by atoms with van der Waals surface area (Å²) in [5.74, 6) is 1.00. The lowest BCUT2D eigenvalue weighted by molar-refractivity contribution is 0.113. The zero-order valence-corrected chi connectivity index (χ0v) is 16.8. The van der Waals surface area contributed by atoms with Gasteiger partial charge in [-0.3, -0.25) is 4.90 Å². The van der Waals surface area contributed by atoms with Crippen LogP contribution in [-0.2, 0) is 0 Å². The van der Waals surface area contributed by atoms with Crippen molar-refractivity contribution >= 4 is 0 Å². The molecule has 3 rings (SSSR count). The summed E-state index contributed by atoms with van der Waals surface area (Å²) in [6, 6.07) is 6.33. The molecule has 1 aromatic rings. The smallest absolute Gasteiger partial charge is 0.122 e. The lowest BCUT2D eigenvalue weighted by Crippen LogP contribution is -2.45. The summed E-state index contributed by atoms with van der Waals surface area (Å²) >= 11 is 0. The first kappa shape index (κ1) is 19.6. The second-order valence-corrected chi connectivity index (χ2v) is 7.93. The number of likely N-dealkylation sites (N-methyl/N-ethyl adjacent to an activating group) is 1. The molecule has 2 bridgehead atoms. The lowest BCUT2D eigenvalue weighted by Gasteiger charge is -2.37. The van der Waals surface area contributed by atoms with Crippen LogP contribution in [0.1, 0.15) is 42.5 Å². The first-order valence-electron chi connectivity index (χ1n) is 10.0. The van der Waals surface area contributed by atoms with Gasteiger partial charge in [-0.1, -0.05) is 6.07 Å². The van der Waals surface area contributed by atoms with Crippen LogP contribution in [0, 0.1) is 13.8 Å². The predicted octanol–water partition coefficient (Wildman–Crippen LogP) is 2.10. The van der Waals surface area contributed by atoms with Crippen LogP contribution in [0.15, 0.2) is 12.1 Å². The molecule has 2 aliphatic rings. The first-order valence-corrected chi connectivity index (χ1v) is 10.0. The molecule has 1 aromatic carbocycles. The predicted molar refractivity (Wildman–Crippen MR) is 106 cm³/mol. The number of hydrogen-bond acceptors (Lipinski definition) is 5. The minimum absolute atomic E-state index is 0.188. The van der Waals surface area contributed by atoms with Gasteiger partial charge < -0.3 is 20.1 Å². The van der Waals surface area contributed by atoms with Gasteiger partial charge in [-0.15, -0.1) is 0 Å². The number of likely N-dealkylation sites (tertiary alicyclic amines) is 2. The second kappa shape index (κ2) is 8.70. The molecule has 2 saturated heterocycles. The molecule has 2 heterocycles. The van der Waals surface area contributed by atoms with Crippen LogP contribution in [0.2, 0.25) is 0 Å². The van der Waals surface area contributed by atoms with Crippen LogP contribution in [-0.4, -0.2) is 73.4 Å². The normalized spacial score (nSPS) is 24.3. The van der Waals surface area contributed by atoms with Crippen LogP contribution in [0.25, 0.3) is 0 Å². The Morgan fingerprint density at radius 3 is 2.65 bits per heavy atom. The highest BCUT2D eigenvalue weighted by molar-refractivity contribution is 5.45. The minimum atomic E-state index is 0.188. The van der Waals surface area contributed by atoms with Gasteiger partial charge in [0, 0.05) is 37.8 Å². The molecule has 0 aliphatic carbocycles. The van der Waals surface area contributed by atoms with Crippen molar-refractivity contribution in [1.82, 2.24) is 15.1 Å². The molecule has 0 spiro atoms. The fourth-order valence-electron chi connectivity index (χ4n) is 4.56. The Balaban J connectivity index is 1.59. The van der Waals surface area contributed by atoms with E-state index in [0.717, 1.165) is 24.8 Å². The maximum Gasteiger partial charge on any atom is 0.122 e. The third-order valence-corrected chi connectivity index (χ3v) is 6.33. The van der Waals surface area contributed by atoms with E-state index in [-0.39, 0.29) is 6.61 Å². The highest BCUT2D eigenvalue weighted by atomic mass is 16.5. The van der Waals surface area contributed by atoms with Crippen molar-refractivity contribution in [3.05, 3.63) is 28.8 Å². The van der Waals surface area contributed by atoms with E-state index in [1.165, 1.54) is 36.2 Å². The molecule has 2 aliphatic heterocycles. The first-order chi connectivity index (χ1) is 12.5. The highest BCUT2D eigenvalue weighted by Crippen LogP contribution is 2.38. The van der Waals surface area contributed by atoms with Crippen molar-refractivity contribution in [1.29, 1.82) is 0 Å². The Morgan fingerprint density at radius 1 is 1.19 bits per heavy atom. The molecular weight excluding hydrogens is 326 g/mol. The standard InChI is InChI=1S/C21H35N3O2/c1-15-16(2)21(26-11-5-8-22-9-10-25)7-6-20(15)17(3)24-14-18-12-19(24)13-23(18)4/h6-7,17-19,22,25H,5,8-14H2,1-4H3/t17-,18?,19?/m0/s1. The van der Waals surface area contributed by atoms with Gasteiger partial charge in [-0.2, -0.15) is 0 Å². The van der Waals surface area contributed by atoms with E-state index in [2.05, 4.69) is 55.1 Å². The highest BCUT2D eigenvalue weighted by Gasteiger charge is 2.43. The van der Waals surface area contributed by atoms with Gasteiger partial charge in [-0.25, -0.2) is 0 Å². The molecule has 0 saturated carbocycles. The van der Waals surface area contributed by atoms with E-state index in [9.17, 15) is 0 Å². The van der Waals surface area contributed by atoms with Gasteiger partial charge in [-0.05, 0) is 70.0 Å². The summed E-state index contributed by atoms with van der Waals surface area (Å²) in [6.07, 6.45) is 2.27. The molecule has 0 aromatic heterocycles. The molecular formula is C21H35N3O2. The number of fused-ring (bicyclic) bond motifs is 2. The topological polar surface area (TPSA) is 48.0 Å². The number of aliphatic hydroxyl groups is 1. The molecule has 146 valence electrons. The number of piperazine rings is 1. The molecule has 3 atom stereocenters. The minimum Gasteiger partial charge on any atom is -0.493 e. The van der Waals surface area contributed by atoms with Crippen LogP contribution < -0.4 is 10.1 Å². The Labute approximate surface area is 158 Å². The third kappa shape index (κ3) is 4.06. The third-order valence-electron chi connectivity index (χ3n) is 6.33. The lowest BCUT2D eigenvalue weighted by atomic mass is 9.96. The average Bonchev–Trinajstić information content (AvgIpc) is 3.20. The summed E-state index contributed by atoms with van der Waals surface area (Å²) in [4.78, 5) is 5.21. The van der Waals surface area contributed by atoms with E-state index >= 15 is 0 Å². The van der Waals surface area contributed by atoms with Crippen LogP contribution in [0.4, 0.5) is 0 Å². The molecule has 5 nitrogen and oxygen atoms in total. The number of rotatable bonds is 9. The summed E-state index contributed by atoms with van der Waals surface area (Å²) < 4.78 is 6.00. The number of nitrogens with zero attached hydrogens (tertiary/aromatic N) is 2. The van der Waals surface area contributed by atoms with Crippen LogP contribution >= 0.6 is 0 Å². The van der Waals surface area contributed by atoms with Crippen molar-refractivity contribution in [2.75, 3.05) is 46.4 Å². The number of nitrogens with one attached hydrogen (secondary N) is 1. The summed E-state index contributed by atoms with van der Waals surface area (Å²) in [5.41, 5.74) is 4.07. The molecule has 2 N–H and O–H groups in total. The zero-order chi connectivity index (χ0) is 18.7. The number of benzene rings is 1. The van der Waals surface area contributed by atoms with Gasteiger partial charge in [0.15, 0.2) is 0 Å². The van der Waals surface area contributed by atoms with Crippen LogP contribution in [0.5, 0.6) is 5.75 Å². The van der Waals surface area contributed by atoms with Gasteiger partial charge >= 0.3 is 0 Å². The maximum atomic E-state index is 8.77. The Morgan fingerprint density at radius 2 is 2.00 bits per heavy atom. The fourth-order valence-corrected chi connectivity index (χ4v) is 4.56. The monoisotopic (exact) mass is 361 g/mol. The van der Waals surface area contributed by atoms with Crippen molar-refractivity contribution < 1.29 is 9.84 Å². The Bertz CT molecular complexity index is 605. The van der Waals surface area contributed by atoms with E-state index in [0.29, 0.717) is 25.2 Å². The molecule has 26 heavy (non-hydrogen) atoms. The number of aliphatic hydroxyl groups excluding tert-OH is 1. The summed E-state index contributed by atoms with van der Waals surface area (Å²) in [7, 11) is 2.26. The van der Waals surface area contributed by atoms with Gasteiger partial charge in [0.1, 0.15) is 5.75 Å². The summed E-state index contributed by atoms with van der Waals surface area (Å²) in [6.45, 7) is 11.6. The number of hydrogen-bond donors (Lipinski definition) is 2. The van der Waals surface area contributed by atoms with Gasteiger partial charge in [0.05, 0.1) is 13.2 Å². The molecule has 0 radical (unpaired) electrons. The molecule has 5 heteroatoms. The quantitative estimate of drug-likeness (QED) is 0.660. The van der Waals surface area contributed by atoms with E-state index < -0.39 is 0 Å². The Hall–Kier alpha value is -1.14. The molecule has 0 amide bonds. The maximum absolute atomic E-state index is 8.77. The largest absolute Gasteiger partial charge is 0.493 e. The van der Waals surface area contributed by atoms with Gasteiger partial charge in [0.2, 0.25) is 0 Å². The van der Waals surface area contributed by atoms with Crippen molar-refractivity contribution in [2.24, 2.45) is 0 Å². The van der Waals surface area contributed by atoms with Crippen molar-refractivity contribution in [2.45, 2.75) is 51.7 Å².